The van der Waals surface area contributed by atoms with Gasteiger partial charge in [-0.3, -0.25) is 9.36 Å². The van der Waals surface area contributed by atoms with Gasteiger partial charge in [-0.15, -0.1) is 11.3 Å². The first-order chi connectivity index (χ1) is 14.7. The molecule has 4 aromatic rings. The quantitative estimate of drug-likeness (QED) is 0.441. The number of carbonyl (C=O) groups is 1. The fourth-order valence-corrected chi connectivity index (χ4v) is 4.11. The van der Waals surface area contributed by atoms with Crippen LogP contribution in [0.25, 0.3) is 5.82 Å². The Balaban J connectivity index is 1.56. The number of imidazole rings is 1. The second kappa shape index (κ2) is 9.05. The highest BCUT2D eigenvalue weighted by Crippen LogP contribution is 2.28. The van der Waals surface area contributed by atoms with Crippen molar-refractivity contribution < 1.29 is 4.79 Å². The number of hydrogen-bond acceptors (Lipinski definition) is 4. The van der Waals surface area contributed by atoms with Gasteiger partial charge in [-0.25, -0.2) is 9.97 Å². The number of nitrogens with zero attached hydrogens (tertiary/aromatic N) is 3. The summed E-state index contributed by atoms with van der Waals surface area (Å²) >= 11 is 1.64. The average Bonchev–Trinajstić information content (AvgIpc) is 3.52. The van der Waals surface area contributed by atoms with Gasteiger partial charge in [0.05, 0.1) is 11.6 Å². The van der Waals surface area contributed by atoms with Crippen LogP contribution in [-0.2, 0) is 0 Å². The number of nitrogens with one attached hydrogen (secondary N) is 1. The highest BCUT2D eigenvalue weighted by atomic mass is 32.1. The smallest absolute Gasteiger partial charge is 0.253 e. The molecule has 1 N–H and O–H groups in total. The highest BCUT2D eigenvalue weighted by Gasteiger charge is 2.19. The molecule has 6 heteroatoms. The number of amides is 1. The standard InChI is InChI=1S/C24H24N4OS/c1-3-17(2)18-6-8-19(9-7-18)23(21-5-4-14-30-21)27-24(29)20-10-11-22(26-15-20)28-13-12-25-16-28/h4-17,23H,3H2,1-2H3,(H,27,29). The van der Waals surface area contributed by atoms with Crippen molar-refractivity contribution in [1.82, 2.24) is 19.9 Å². The van der Waals surface area contributed by atoms with Crippen LogP contribution in [0.2, 0.25) is 0 Å². The van der Waals surface area contributed by atoms with E-state index < -0.39 is 0 Å². The molecule has 1 amide bonds. The van der Waals surface area contributed by atoms with E-state index in [1.165, 1.54) is 5.56 Å². The van der Waals surface area contributed by atoms with Crippen molar-refractivity contribution >= 4 is 17.2 Å². The van der Waals surface area contributed by atoms with Crippen molar-refractivity contribution in [2.75, 3.05) is 0 Å². The van der Waals surface area contributed by atoms with Crippen molar-refractivity contribution in [2.24, 2.45) is 0 Å². The van der Waals surface area contributed by atoms with Crippen LogP contribution in [0, 0.1) is 0 Å². The minimum absolute atomic E-state index is 0.149. The number of rotatable bonds is 7. The SMILES string of the molecule is CCC(C)c1ccc(C(NC(=O)c2ccc(-n3ccnc3)nc2)c2cccs2)cc1. The van der Waals surface area contributed by atoms with Crippen molar-refractivity contribution in [3.63, 3.8) is 0 Å². The van der Waals surface area contributed by atoms with Gasteiger partial charge >= 0.3 is 0 Å². The molecule has 4 rings (SSSR count). The summed E-state index contributed by atoms with van der Waals surface area (Å²) in [6.45, 7) is 4.42. The van der Waals surface area contributed by atoms with Gasteiger partial charge in [-0.2, -0.15) is 0 Å². The highest BCUT2D eigenvalue weighted by molar-refractivity contribution is 7.10. The maximum atomic E-state index is 13.0. The first-order valence-electron chi connectivity index (χ1n) is 10.0. The number of aromatic nitrogens is 3. The Kier molecular flexibility index (Phi) is 6.05. The van der Waals surface area contributed by atoms with E-state index >= 15 is 0 Å². The Morgan fingerprint density at radius 1 is 1.13 bits per heavy atom. The summed E-state index contributed by atoms with van der Waals surface area (Å²) in [5.74, 6) is 1.09. The van der Waals surface area contributed by atoms with Crippen LogP contribution in [0.15, 0.2) is 78.8 Å². The summed E-state index contributed by atoms with van der Waals surface area (Å²) in [4.78, 5) is 22.5. The molecule has 2 unspecified atom stereocenters. The van der Waals surface area contributed by atoms with Crippen LogP contribution in [0.5, 0.6) is 0 Å². The summed E-state index contributed by atoms with van der Waals surface area (Å²) in [7, 11) is 0. The maximum Gasteiger partial charge on any atom is 0.253 e. The predicted molar refractivity (Wildman–Crippen MR) is 120 cm³/mol. The summed E-state index contributed by atoms with van der Waals surface area (Å²) in [5.41, 5.74) is 2.91. The second-order valence-electron chi connectivity index (χ2n) is 7.27. The van der Waals surface area contributed by atoms with Gasteiger partial charge in [0.2, 0.25) is 0 Å². The van der Waals surface area contributed by atoms with Gasteiger partial charge in [0.15, 0.2) is 0 Å². The maximum absolute atomic E-state index is 13.0. The van der Waals surface area contributed by atoms with Crippen LogP contribution >= 0.6 is 11.3 Å². The molecule has 0 saturated carbocycles. The van der Waals surface area contributed by atoms with E-state index in [9.17, 15) is 4.79 Å². The van der Waals surface area contributed by atoms with Crippen LogP contribution in [0.1, 0.15) is 58.6 Å². The molecule has 30 heavy (non-hydrogen) atoms. The van der Waals surface area contributed by atoms with Crippen LogP contribution in [-0.4, -0.2) is 20.4 Å². The lowest BCUT2D eigenvalue weighted by molar-refractivity contribution is 0.0943. The first-order valence-corrected chi connectivity index (χ1v) is 10.9. The molecular weight excluding hydrogens is 392 g/mol. The Bertz CT molecular complexity index is 1070. The lowest BCUT2D eigenvalue weighted by atomic mass is 9.95. The number of benzene rings is 1. The van der Waals surface area contributed by atoms with Gasteiger partial charge in [-0.1, -0.05) is 44.2 Å². The van der Waals surface area contributed by atoms with Gasteiger partial charge in [-0.05, 0) is 47.0 Å². The van der Waals surface area contributed by atoms with Crippen molar-refractivity contribution in [1.29, 1.82) is 0 Å². The van der Waals surface area contributed by atoms with Gasteiger partial charge in [0.25, 0.3) is 5.91 Å². The van der Waals surface area contributed by atoms with Gasteiger partial charge in [0.1, 0.15) is 12.1 Å². The number of hydrogen-bond donors (Lipinski definition) is 1. The van der Waals surface area contributed by atoms with E-state index in [2.05, 4.69) is 59.5 Å². The molecule has 0 aliphatic rings. The molecule has 2 atom stereocenters. The molecule has 1 aromatic carbocycles. The fourth-order valence-electron chi connectivity index (χ4n) is 3.31. The molecule has 0 radical (unpaired) electrons. The number of carbonyl (C=O) groups excluding carboxylic acids is 1. The normalized spacial score (nSPS) is 13.0. The van der Waals surface area contributed by atoms with Crippen molar-refractivity contribution in [3.05, 3.63) is 100 Å². The predicted octanol–water partition coefficient (Wildman–Crippen LogP) is 5.36. The summed E-state index contributed by atoms with van der Waals surface area (Å²) in [6.07, 6.45) is 7.89. The molecule has 0 fully saturated rings. The molecule has 0 aliphatic carbocycles. The molecule has 0 bridgehead atoms. The van der Waals surface area contributed by atoms with E-state index in [0.29, 0.717) is 11.5 Å². The van der Waals surface area contributed by atoms with Crippen LogP contribution in [0.4, 0.5) is 0 Å². The zero-order chi connectivity index (χ0) is 20.9. The second-order valence-corrected chi connectivity index (χ2v) is 8.25. The fraction of sp³-hybridized carbons (Fsp3) is 0.208. The Hall–Kier alpha value is -3.25. The van der Waals surface area contributed by atoms with Gasteiger partial charge in [0, 0.05) is 23.5 Å². The minimum Gasteiger partial charge on any atom is -0.340 e. The molecule has 5 nitrogen and oxygen atoms in total. The van der Waals surface area contributed by atoms with Gasteiger partial charge < -0.3 is 5.32 Å². The topological polar surface area (TPSA) is 59.8 Å². The average molecular weight is 417 g/mol. The summed E-state index contributed by atoms with van der Waals surface area (Å²) in [6, 6.07) is 16.0. The summed E-state index contributed by atoms with van der Waals surface area (Å²) < 4.78 is 1.80. The molecule has 152 valence electrons. The third-order valence-corrected chi connectivity index (χ3v) is 6.27. The molecule has 3 heterocycles. The lowest BCUT2D eigenvalue weighted by Gasteiger charge is -2.19. The largest absolute Gasteiger partial charge is 0.340 e. The van der Waals surface area contributed by atoms with E-state index in [1.54, 1.807) is 40.7 Å². The summed E-state index contributed by atoms with van der Waals surface area (Å²) in [5, 5.41) is 5.21. The zero-order valence-electron chi connectivity index (χ0n) is 17.0. The van der Waals surface area contributed by atoms with E-state index in [1.807, 2.05) is 23.7 Å². The van der Waals surface area contributed by atoms with Crippen molar-refractivity contribution in [3.8, 4) is 5.82 Å². The molecule has 0 aliphatic heterocycles. The van der Waals surface area contributed by atoms with Crippen molar-refractivity contribution in [2.45, 2.75) is 32.2 Å². The number of pyridine rings is 1. The van der Waals surface area contributed by atoms with Crippen LogP contribution < -0.4 is 5.32 Å². The third kappa shape index (κ3) is 4.33. The molecule has 0 saturated heterocycles. The molecule has 0 spiro atoms. The van der Waals surface area contributed by atoms with E-state index in [-0.39, 0.29) is 11.9 Å². The molecular formula is C24H24N4OS. The van der Waals surface area contributed by atoms with E-state index in [0.717, 1.165) is 22.7 Å². The van der Waals surface area contributed by atoms with E-state index in [4.69, 9.17) is 0 Å². The zero-order valence-corrected chi connectivity index (χ0v) is 17.8. The Labute approximate surface area is 180 Å². The Morgan fingerprint density at radius 2 is 1.93 bits per heavy atom. The van der Waals surface area contributed by atoms with Crippen LogP contribution in [0.3, 0.4) is 0 Å². The minimum atomic E-state index is -0.197. The Morgan fingerprint density at radius 3 is 2.53 bits per heavy atom. The lowest BCUT2D eigenvalue weighted by Crippen LogP contribution is -2.29. The third-order valence-electron chi connectivity index (χ3n) is 5.33. The molecule has 3 aromatic heterocycles. The first kappa shape index (κ1) is 20.0. The monoisotopic (exact) mass is 416 g/mol. The number of thiophene rings is 1.